The Balaban J connectivity index is 0.809. The predicted molar refractivity (Wildman–Crippen MR) is 200 cm³/mol. The maximum atomic E-state index is 12.7. The number of primary amides is 1. The van der Waals surface area contributed by atoms with Crippen molar-refractivity contribution < 1.29 is 28.3 Å². The first-order valence-corrected chi connectivity index (χ1v) is 18.1. The molecular formula is C41H40N6O6. The summed E-state index contributed by atoms with van der Waals surface area (Å²) in [4.78, 5) is 51.2. The molecule has 0 spiro atoms. The molecule has 0 saturated carbocycles. The van der Waals surface area contributed by atoms with Crippen LogP contribution in [0.3, 0.4) is 0 Å². The van der Waals surface area contributed by atoms with E-state index in [1.54, 1.807) is 17.0 Å². The molecule has 2 saturated heterocycles. The summed E-state index contributed by atoms with van der Waals surface area (Å²) in [7, 11) is 0. The Bertz CT molecular complexity index is 2360. The van der Waals surface area contributed by atoms with Gasteiger partial charge in [0.2, 0.25) is 11.8 Å². The van der Waals surface area contributed by atoms with E-state index in [0.29, 0.717) is 47.7 Å². The first kappa shape index (κ1) is 34.1. The van der Waals surface area contributed by atoms with E-state index in [1.807, 2.05) is 48.7 Å². The summed E-state index contributed by atoms with van der Waals surface area (Å²) >= 11 is 0. The Labute approximate surface area is 305 Å². The van der Waals surface area contributed by atoms with Crippen molar-refractivity contribution in [2.75, 3.05) is 32.8 Å². The van der Waals surface area contributed by atoms with E-state index in [-0.39, 0.29) is 24.3 Å². The maximum Gasteiger partial charge on any atom is 0.257 e. The van der Waals surface area contributed by atoms with E-state index in [2.05, 4.69) is 44.9 Å². The number of carbonyl (C=O) groups is 4. The standard InChI is InChI=1S/C41H40N6O6/c42-40(50)33-6-1-4-28-22-47(45-39(28)33)29-10-7-25(8-11-29)27-5-2-18-46(21-27)19-3-17-43-37(49)24-52-30-12-13-31-26(20-30)9-15-35-38(31)34(23-53-35)32-14-16-36(48)44-41(32)51/h1,4,6-13,15,20,22-23,27,32H,2-3,5,14,16-19,21,24H2,(H2,42,50)(H,43,49)(H,44,48,51)/t27-,32?/m1/s1. The molecule has 4 amide bonds. The van der Waals surface area contributed by atoms with Gasteiger partial charge in [-0.3, -0.25) is 24.5 Å². The largest absolute Gasteiger partial charge is 0.484 e. The van der Waals surface area contributed by atoms with Gasteiger partial charge in [-0.15, -0.1) is 0 Å². The van der Waals surface area contributed by atoms with Crippen LogP contribution in [0.15, 0.2) is 89.7 Å². The molecule has 2 aromatic heterocycles. The van der Waals surface area contributed by atoms with E-state index in [1.165, 1.54) is 5.56 Å². The van der Waals surface area contributed by atoms with E-state index < -0.39 is 11.8 Å². The van der Waals surface area contributed by atoms with Gasteiger partial charge < -0.3 is 25.1 Å². The van der Waals surface area contributed by atoms with Gasteiger partial charge in [0.15, 0.2) is 6.61 Å². The lowest BCUT2D eigenvalue weighted by Crippen LogP contribution is -2.39. The number of imide groups is 1. The average Bonchev–Trinajstić information content (AvgIpc) is 3.81. The quantitative estimate of drug-likeness (QED) is 0.120. The molecule has 12 heteroatoms. The van der Waals surface area contributed by atoms with Crippen molar-refractivity contribution in [3.63, 3.8) is 0 Å². The minimum Gasteiger partial charge on any atom is -0.484 e. The molecule has 8 rings (SSSR count). The maximum absolute atomic E-state index is 12.7. The molecule has 0 aliphatic carbocycles. The van der Waals surface area contributed by atoms with Crippen LogP contribution in [0.4, 0.5) is 0 Å². The number of benzene rings is 4. The molecule has 270 valence electrons. The van der Waals surface area contributed by atoms with Gasteiger partial charge in [0, 0.05) is 42.0 Å². The number of nitrogens with zero attached hydrogens (tertiary/aromatic N) is 3. The Morgan fingerprint density at radius 2 is 1.89 bits per heavy atom. The van der Waals surface area contributed by atoms with Crippen molar-refractivity contribution in [3.05, 3.63) is 102 Å². The summed E-state index contributed by atoms with van der Waals surface area (Å²) in [6.45, 7) is 3.37. The Morgan fingerprint density at radius 3 is 2.72 bits per heavy atom. The number of ether oxygens (including phenoxy) is 1. The summed E-state index contributed by atoms with van der Waals surface area (Å²) in [5, 5.41) is 13.6. The van der Waals surface area contributed by atoms with Gasteiger partial charge in [-0.25, -0.2) is 4.68 Å². The number of amides is 4. The smallest absolute Gasteiger partial charge is 0.257 e. The van der Waals surface area contributed by atoms with Crippen LogP contribution in [0.25, 0.3) is 38.3 Å². The van der Waals surface area contributed by atoms with Gasteiger partial charge in [0.25, 0.3) is 11.8 Å². The molecule has 2 aliphatic rings. The third-order valence-electron chi connectivity index (χ3n) is 10.4. The first-order valence-electron chi connectivity index (χ1n) is 18.1. The molecule has 4 heterocycles. The Morgan fingerprint density at radius 1 is 1.02 bits per heavy atom. The van der Waals surface area contributed by atoms with Gasteiger partial charge in [-0.05, 0) is 103 Å². The molecule has 12 nitrogen and oxygen atoms in total. The van der Waals surface area contributed by atoms with Crippen molar-refractivity contribution >= 4 is 56.3 Å². The molecule has 2 atom stereocenters. The monoisotopic (exact) mass is 712 g/mol. The van der Waals surface area contributed by atoms with Crippen LogP contribution in [0.1, 0.15) is 65.4 Å². The topological polar surface area (TPSA) is 162 Å². The summed E-state index contributed by atoms with van der Waals surface area (Å²) < 4.78 is 13.4. The molecular weight excluding hydrogens is 672 g/mol. The minimum atomic E-state index is -0.490. The molecule has 2 fully saturated rings. The minimum absolute atomic E-state index is 0.0936. The second-order valence-corrected chi connectivity index (χ2v) is 13.9. The van der Waals surface area contributed by atoms with Crippen LogP contribution >= 0.6 is 0 Å². The number of likely N-dealkylation sites (tertiary alicyclic amines) is 1. The lowest BCUT2D eigenvalue weighted by Gasteiger charge is -2.33. The summed E-state index contributed by atoms with van der Waals surface area (Å²) in [6, 6.07) is 23.3. The fourth-order valence-corrected chi connectivity index (χ4v) is 7.74. The van der Waals surface area contributed by atoms with E-state index in [0.717, 1.165) is 71.7 Å². The molecule has 0 bridgehead atoms. The predicted octanol–water partition coefficient (Wildman–Crippen LogP) is 5.31. The SMILES string of the molecule is NC(=O)c1cccc2cn(-c3ccc([C@@H]4CCCN(CCCNC(=O)COc5ccc6c(ccc7occ(C8CCC(=O)NC8=O)c76)c5)C4)cc3)nc12. The molecule has 2 aliphatic heterocycles. The van der Waals surface area contributed by atoms with Gasteiger partial charge in [0.1, 0.15) is 16.8 Å². The van der Waals surface area contributed by atoms with E-state index >= 15 is 0 Å². The van der Waals surface area contributed by atoms with Gasteiger partial charge in [-0.1, -0.05) is 30.3 Å². The van der Waals surface area contributed by atoms with Crippen LogP contribution in [0, 0.1) is 0 Å². The zero-order valence-corrected chi connectivity index (χ0v) is 29.2. The van der Waals surface area contributed by atoms with Crippen molar-refractivity contribution in [3.8, 4) is 11.4 Å². The normalized spacial score (nSPS) is 18.0. The highest BCUT2D eigenvalue weighted by Gasteiger charge is 2.31. The van der Waals surface area contributed by atoms with Crippen molar-refractivity contribution in [1.29, 1.82) is 0 Å². The van der Waals surface area contributed by atoms with E-state index in [4.69, 9.17) is 14.9 Å². The second kappa shape index (κ2) is 14.5. The molecule has 6 aromatic rings. The number of piperidine rings is 2. The number of hydrogen-bond acceptors (Lipinski definition) is 8. The fraction of sp³-hybridized carbons (Fsp3) is 0.293. The molecule has 53 heavy (non-hydrogen) atoms. The Kier molecular flexibility index (Phi) is 9.36. The third kappa shape index (κ3) is 7.10. The zero-order chi connectivity index (χ0) is 36.5. The van der Waals surface area contributed by atoms with Gasteiger partial charge in [-0.2, -0.15) is 5.10 Å². The highest BCUT2D eigenvalue weighted by atomic mass is 16.5. The zero-order valence-electron chi connectivity index (χ0n) is 29.2. The molecule has 4 N–H and O–H groups in total. The van der Waals surface area contributed by atoms with Crippen LogP contribution in [0.5, 0.6) is 5.75 Å². The summed E-state index contributed by atoms with van der Waals surface area (Å²) in [6.07, 6.45) is 7.33. The number of hydrogen-bond donors (Lipinski definition) is 3. The van der Waals surface area contributed by atoms with Crippen LogP contribution in [-0.2, 0) is 14.4 Å². The number of rotatable bonds is 11. The lowest BCUT2D eigenvalue weighted by atomic mass is 9.89. The Hall–Kier alpha value is -6.01. The van der Waals surface area contributed by atoms with Crippen LogP contribution in [0.2, 0.25) is 0 Å². The number of furan rings is 1. The number of fused-ring (bicyclic) bond motifs is 4. The number of nitrogens with two attached hydrogens (primary N) is 1. The van der Waals surface area contributed by atoms with Crippen LogP contribution < -0.4 is 21.1 Å². The number of nitrogens with one attached hydrogen (secondary N) is 2. The second-order valence-electron chi connectivity index (χ2n) is 13.9. The highest BCUT2D eigenvalue weighted by Crippen LogP contribution is 2.38. The molecule has 0 radical (unpaired) electrons. The highest BCUT2D eigenvalue weighted by molar-refractivity contribution is 6.11. The van der Waals surface area contributed by atoms with Gasteiger partial charge in [0.05, 0.1) is 23.4 Å². The van der Waals surface area contributed by atoms with E-state index in [9.17, 15) is 19.2 Å². The van der Waals surface area contributed by atoms with Crippen molar-refractivity contribution in [2.24, 2.45) is 5.73 Å². The van der Waals surface area contributed by atoms with Crippen molar-refractivity contribution in [1.82, 2.24) is 25.3 Å². The number of carbonyl (C=O) groups excluding carboxylic acids is 4. The first-order chi connectivity index (χ1) is 25.8. The fourth-order valence-electron chi connectivity index (χ4n) is 7.74. The van der Waals surface area contributed by atoms with Gasteiger partial charge >= 0.3 is 0 Å². The lowest BCUT2D eigenvalue weighted by molar-refractivity contribution is -0.134. The average molecular weight is 713 g/mol. The van der Waals surface area contributed by atoms with Crippen LogP contribution in [-0.4, -0.2) is 71.1 Å². The summed E-state index contributed by atoms with van der Waals surface area (Å²) in [5.41, 5.74) is 10.2. The third-order valence-corrected chi connectivity index (χ3v) is 10.4. The number of aromatic nitrogens is 2. The molecule has 4 aromatic carbocycles. The van der Waals surface area contributed by atoms with Crippen molar-refractivity contribution in [2.45, 2.75) is 43.9 Å². The summed E-state index contributed by atoms with van der Waals surface area (Å²) in [5.74, 6) is -0.686. The molecule has 1 unspecified atom stereocenters.